The molecule has 0 bridgehead atoms. The van der Waals surface area contributed by atoms with E-state index in [9.17, 15) is 0 Å². The summed E-state index contributed by atoms with van der Waals surface area (Å²) in [6.45, 7) is 0.497. The van der Waals surface area contributed by atoms with E-state index in [0.29, 0.717) is 11.6 Å². The summed E-state index contributed by atoms with van der Waals surface area (Å²) >= 11 is 6.26. The van der Waals surface area contributed by atoms with E-state index in [1.807, 2.05) is 42.5 Å². The minimum atomic E-state index is 0.497. The van der Waals surface area contributed by atoms with Crippen molar-refractivity contribution in [3.8, 4) is 23.6 Å². The fourth-order valence-corrected chi connectivity index (χ4v) is 3.10. The first-order valence-corrected chi connectivity index (χ1v) is 7.85. The van der Waals surface area contributed by atoms with Crippen LogP contribution in [0.1, 0.15) is 22.3 Å². The van der Waals surface area contributed by atoms with E-state index in [0.717, 1.165) is 39.2 Å². The number of benzene rings is 2. The smallest absolute Gasteiger partial charge is 0.116 e. The third-order valence-electron chi connectivity index (χ3n) is 4.03. The average molecular weight is 330 g/mol. The number of terminal acetylenes is 1. The van der Waals surface area contributed by atoms with Gasteiger partial charge in [0.2, 0.25) is 0 Å². The molecule has 4 heteroatoms. The minimum Gasteiger partial charge on any atom is -0.279 e. The van der Waals surface area contributed by atoms with Crippen LogP contribution in [-0.2, 0) is 6.54 Å². The van der Waals surface area contributed by atoms with Gasteiger partial charge in [-0.1, -0.05) is 41.8 Å². The Hall–Kier alpha value is -2.96. The lowest BCUT2D eigenvalue weighted by molar-refractivity contribution is 1.02. The Kier molecular flexibility index (Phi) is 3.60. The molecule has 2 heterocycles. The van der Waals surface area contributed by atoms with Crippen molar-refractivity contribution in [1.82, 2.24) is 9.97 Å². The molecule has 24 heavy (non-hydrogen) atoms. The van der Waals surface area contributed by atoms with Crippen molar-refractivity contribution in [3.63, 3.8) is 0 Å². The summed E-state index contributed by atoms with van der Waals surface area (Å²) in [7, 11) is 0. The molecule has 1 aliphatic heterocycles. The summed E-state index contributed by atoms with van der Waals surface area (Å²) in [6, 6.07) is 13.5. The van der Waals surface area contributed by atoms with Crippen LogP contribution in [0.2, 0.25) is 5.02 Å². The molecule has 0 saturated heterocycles. The molecule has 0 radical (unpaired) electrons. The summed E-state index contributed by atoms with van der Waals surface area (Å²) in [4.78, 5) is 13.4. The van der Waals surface area contributed by atoms with E-state index >= 15 is 0 Å². The third kappa shape index (κ3) is 2.38. The molecule has 114 valence electrons. The minimum absolute atomic E-state index is 0.497. The summed E-state index contributed by atoms with van der Waals surface area (Å²) in [6.07, 6.45) is 9.04. The van der Waals surface area contributed by atoms with E-state index in [-0.39, 0.29) is 0 Å². The van der Waals surface area contributed by atoms with E-state index in [1.165, 1.54) is 0 Å². The first-order valence-electron chi connectivity index (χ1n) is 7.47. The number of halogens is 1. The van der Waals surface area contributed by atoms with Gasteiger partial charge in [0.05, 0.1) is 18.0 Å². The van der Waals surface area contributed by atoms with Crippen LogP contribution in [0.5, 0.6) is 0 Å². The molecule has 1 aromatic heterocycles. The van der Waals surface area contributed by atoms with Crippen LogP contribution in [0.25, 0.3) is 11.3 Å². The van der Waals surface area contributed by atoms with Crippen molar-refractivity contribution in [2.45, 2.75) is 6.54 Å². The quantitative estimate of drug-likeness (QED) is 0.630. The molecule has 0 fully saturated rings. The van der Waals surface area contributed by atoms with Gasteiger partial charge >= 0.3 is 0 Å². The van der Waals surface area contributed by atoms with Crippen LogP contribution in [-0.4, -0.2) is 15.7 Å². The normalized spacial score (nSPS) is 12.4. The lowest BCUT2D eigenvalue weighted by Crippen LogP contribution is -2.07. The molecule has 0 aliphatic carbocycles. The first kappa shape index (κ1) is 14.6. The van der Waals surface area contributed by atoms with Crippen molar-refractivity contribution in [2.75, 3.05) is 0 Å². The predicted molar refractivity (Wildman–Crippen MR) is 96.2 cm³/mol. The first-order chi connectivity index (χ1) is 11.8. The van der Waals surface area contributed by atoms with Gasteiger partial charge in [-0.3, -0.25) is 4.99 Å². The fraction of sp³-hybridized carbons (Fsp3) is 0.0500. The standard InChI is InChI=1S/C20H12ClN3/c1-2-13-5-3-4-6-16(13)20-18-9-15(21)7-8-17(18)19-14(11-23-20)10-22-12-24-19/h1,3-10,12H,11H2. The van der Waals surface area contributed by atoms with Crippen molar-refractivity contribution < 1.29 is 0 Å². The molecule has 0 saturated carbocycles. The summed E-state index contributed by atoms with van der Waals surface area (Å²) in [5.41, 5.74) is 6.34. The highest BCUT2D eigenvalue weighted by Gasteiger charge is 2.21. The highest BCUT2D eigenvalue weighted by Crippen LogP contribution is 2.33. The number of nitrogens with zero attached hydrogens (tertiary/aromatic N) is 3. The number of fused-ring (bicyclic) bond motifs is 3. The number of aromatic nitrogens is 2. The van der Waals surface area contributed by atoms with E-state index < -0.39 is 0 Å². The van der Waals surface area contributed by atoms with Crippen LogP contribution in [0, 0.1) is 12.3 Å². The summed E-state index contributed by atoms with van der Waals surface area (Å²) < 4.78 is 0. The molecule has 3 aromatic rings. The van der Waals surface area contributed by atoms with E-state index in [1.54, 1.807) is 12.5 Å². The van der Waals surface area contributed by atoms with Crippen LogP contribution < -0.4 is 0 Å². The zero-order chi connectivity index (χ0) is 16.5. The van der Waals surface area contributed by atoms with Gasteiger partial charge in [-0.15, -0.1) is 6.42 Å². The Morgan fingerprint density at radius 2 is 1.92 bits per heavy atom. The molecule has 0 N–H and O–H groups in total. The lowest BCUT2D eigenvalue weighted by atomic mass is 9.93. The van der Waals surface area contributed by atoms with Crippen LogP contribution in [0.4, 0.5) is 0 Å². The van der Waals surface area contributed by atoms with Crippen molar-refractivity contribution in [3.05, 3.63) is 82.3 Å². The van der Waals surface area contributed by atoms with Gasteiger partial charge in [0, 0.05) is 39.0 Å². The van der Waals surface area contributed by atoms with Gasteiger partial charge in [0.1, 0.15) is 6.33 Å². The van der Waals surface area contributed by atoms with Crippen molar-refractivity contribution in [2.24, 2.45) is 4.99 Å². The second kappa shape index (κ2) is 5.92. The number of aliphatic imine (C=N–C) groups is 1. The zero-order valence-corrected chi connectivity index (χ0v) is 13.5. The van der Waals surface area contributed by atoms with Crippen LogP contribution in [0.3, 0.4) is 0 Å². The Bertz CT molecular complexity index is 1020. The number of rotatable bonds is 1. The van der Waals surface area contributed by atoms with Gasteiger partial charge in [-0.05, 0) is 18.2 Å². The summed E-state index contributed by atoms with van der Waals surface area (Å²) in [5, 5.41) is 0.650. The molecule has 0 amide bonds. The lowest BCUT2D eigenvalue weighted by Gasteiger charge is -2.12. The molecule has 0 atom stereocenters. The van der Waals surface area contributed by atoms with Crippen LogP contribution in [0.15, 0.2) is 60.0 Å². The van der Waals surface area contributed by atoms with Gasteiger partial charge < -0.3 is 0 Å². The molecular weight excluding hydrogens is 318 g/mol. The zero-order valence-electron chi connectivity index (χ0n) is 12.7. The van der Waals surface area contributed by atoms with Crippen molar-refractivity contribution >= 4 is 17.3 Å². The van der Waals surface area contributed by atoms with E-state index in [4.69, 9.17) is 23.0 Å². The third-order valence-corrected chi connectivity index (χ3v) is 4.26. The molecular formula is C20H12ClN3. The Labute approximate surface area is 145 Å². The SMILES string of the molecule is C#Cc1ccccc1C1=NCc2cncnc2-c2ccc(Cl)cc21. The predicted octanol–water partition coefficient (Wildman–Crippen LogP) is 4.13. The van der Waals surface area contributed by atoms with Gasteiger partial charge in [-0.25, -0.2) is 9.97 Å². The highest BCUT2D eigenvalue weighted by molar-refractivity contribution is 6.31. The molecule has 0 unspecified atom stereocenters. The van der Waals surface area contributed by atoms with Crippen LogP contribution >= 0.6 is 11.6 Å². The second-order valence-corrected chi connectivity index (χ2v) is 5.88. The van der Waals surface area contributed by atoms with E-state index in [2.05, 4.69) is 15.9 Å². The topological polar surface area (TPSA) is 38.1 Å². The fourth-order valence-electron chi connectivity index (χ4n) is 2.93. The Morgan fingerprint density at radius 3 is 2.79 bits per heavy atom. The largest absolute Gasteiger partial charge is 0.279 e. The van der Waals surface area contributed by atoms with Gasteiger partial charge in [0.25, 0.3) is 0 Å². The molecule has 3 nitrogen and oxygen atoms in total. The highest BCUT2D eigenvalue weighted by atomic mass is 35.5. The molecule has 2 aromatic carbocycles. The maximum atomic E-state index is 6.26. The number of hydrogen-bond donors (Lipinski definition) is 0. The molecule has 1 aliphatic rings. The van der Waals surface area contributed by atoms with Gasteiger partial charge in [0.15, 0.2) is 0 Å². The average Bonchev–Trinajstić information content (AvgIpc) is 2.78. The molecule has 4 rings (SSSR count). The monoisotopic (exact) mass is 329 g/mol. The maximum absolute atomic E-state index is 6.26. The maximum Gasteiger partial charge on any atom is 0.116 e. The number of hydrogen-bond acceptors (Lipinski definition) is 3. The second-order valence-electron chi connectivity index (χ2n) is 5.44. The van der Waals surface area contributed by atoms with Crippen molar-refractivity contribution in [1.29, 1.82) is 0 Å². The Balaban J connectivity index is 2.03. The molecule has 0 spiro atoms. The summed E-state index contributed by atoms with van der Waals surface area (Å²) in [5.74, 6) is 2.74. The Morgan fingerprint density at radius 1 is 1.04 bits per heavy atom. The van der Waals surface area contributed by atoms with Gasteiger partial charge in [-0.2, -0.15) is 0 Å².